The lowest BCUT2D eigenvalue weighted by atomic mass is 10.2. The van der Waals surface area contributed by atoms with Gasteiger partial charge in [-0.15, -0.1) is 0 Å². The van der Waals surface area contributed by atoms with Crippen LogP contribution in [0.15, 0.2) is 54.6 Å². The van der Waals surface area contributed by atoms with Crippen LogP contribution in [-0.4, -0.2) is 21.0 Å². The molecule has 0 aliphatic rings. The fourth-order valence-electron chi connectivity index (χ4n) is 2.17. The van der Waals surface area contributed by atoms with E-state index in [-0.39, 0.29) is 17.7 Å². The average molecular weight is 323 g/mol. The minimum atomic E-state index is -0.371. The normalized spacial score (nSPS) is 10.7. The quantitative estimate of drug-likeness (QED) is 0.735. The maximum atomic E-state index is 14.1. The number of rotatable bonds is 5. The molecule has 2 N–H and O–H groups in total. The third-order valence-corrected chi connectivity index (χ3v) is 3.20. The van der Waals surface area contributed by atoms with Gasteiger partial charge in [-0.25, -0.2) is 4.39 Å². The second-order valence-electron chi connectivity index (χ2n) is 5.58. The van der Waals surface area contributed by atoms with Gasteiger partial charge in [-0.05, 0) is 38.1 Å². The van der Waals surface area contributed by atoms with Crippen molar-refractivity contribution in [1.82, 2.24) is 15.0 Å². The molecule has 1 heterocycles. The summed E-state index contributed by atoms with van der Waals surface area (Å²) >= 11 is 0. The number of nitrogens with zero attached hydrogens (tertiary/aromatic N) is 3. The highest BCUT2D eigenvalue weighted by atomic mass is 19.1. The number of para-hydroxylation sites is 1. The molecule has 0 amide bonds. The molecule has 6 heteroatoms. The van der Waals surface area contributed by atoms with Gasteiger partial charge in [0.25, 0.3) is 0 Å². The van der Waals surface area contributed by atoms with E-state index < -0.39 is 0 Å². The van der Waals surface area contributed by atoms with Crippen molar-refractivity contribution in [3.8, 4) is 11.4 Å². The molecule has 0 bridgehead atoms. The highest BCUT2D eigenvalue weighted by Crippen LogP contribution is 2.22. The fourth-order valence-corrected chi connectivity index (χ4v) is 2.17. The number of nitrogens with one attached hydrogen (secondary N) is 2. The smallest absolute Gasteiger partial charge is 0.232 e. The fraction of sp³-hybridized carbons (Fsp3) is 0.167. The average Bonchev–Trinajstić information content (AvgIpc) is 2.55. The number of benzene rings is 2. The second kappa shape index (κ2) is 7.04. The summed E-state index contributed by atoms with van der Waals surface area (Å²) in [5, 5.41) is 6.26. The molecular formula is C18H18FN5. The molecule has 24 heavy (non-hydrogen) atoms. The van der Waals surface area contributed by atoms with Crippen molar-refractivity contribution in [3.05, 3.63) is 60.4 Å². The van der Waals surface area contributed by atoms with Gasteiger partial charge >= 0.3 is 0 Å². The third-order valence-electron chi connectivity index (χ3n) is 3.20. The molecule has 0 radical (unpaired) electrons. The zero-order chi connectivity index (χ0) is 16.9. The van der Waals surface area contributed by atoms with Crippen LogP contribution in [0.25, 0.3) is 11.4 Å². The SMILES string of the molecule is CC(C)Nc1nc(Nc2ccccc2)nc(-c2ccccc2F)n1. The Bertz CT molecular complexity index is 821. The van der Waals surface area contributed by atoms with Crippen molar-refractivity contribution in [2.45, 2.75) is 19.9 Å². The first-order valence-electron chi connectivity index (χ1n) is 7.71. The first-order chi connectivity index (χ1) is 11.6. The molecule has 0 fully saturated rings. The minimum Gasteiger partial charge on any atom is -0.352 e. The summed E-state index contributed by atoms with van der Waals surface area (Å²) in [5.41, 5.74) is 1.18. The Morgan fingerprint density at radius 1 is 0.833 bits per heavy atom. The van der Waals surface area contributed by atoms with Gasteiger partial charge in [0.15, 0.2) is 5.82 Å². The molecule has 0 saturated carbocycles. The number of hydrogen-bond donors (Lipinski definition) is 2. The molecule has 2 aromatic carbocycles. The standard InChI is InChI=1S/C18H18FN5/c1-12(2)20-17-22-16(14-10-6-7-11-15(14)19)23-18(24-17)21-13-8-4-3-5-9-13/h3-12H,1-2H3,(H2,20,21,22,23,24). The summed E-state index contributed by atoms with van der Waals surface area (Å²) in [6, 6.07) is 16.1. The van der Waals surface area contributed by atoms with Gasteiger partial charge in [0, 0.05) is 11.7 Å². The lowest BCUT2D eigenvalue weighted by Crippen LogP contribution is -2.14. The van der Waals surface area contributed by atoms with E-state index in [2.05, 4.69) is 25.6 Å². The Labute approximate surface area is 140 Å². The van der Waals surface area contributed by atoms with Crippen molar-refractivity contribution in [1.29, 1.82) is 0 Å². The topological polar surface area (TPSA) is 62.7 Å². The van der Waals surface area contributed by atoms with Gasteiger partial charge in [0.2, 0.25) is 11.9 Å². The van der Waals surface area contributed by atoms with Crippen molar-refractivity contribution >= 4 is 17.6 Å². The summed E-state index contributed by atoms with van der Waals surface area (Å²) < 4.78 is 14.1. The van der Waals surface area contributed by atoms with Crippen molar-refractivity contribution in [2.75, 3.05) is 10.6 Å². The van der Waals surface area contributed by atoms with Crippen LogP contribution < -0.4 is 10.6 Å². The molecule has 0 atom stereocenters. The Morgan fingerprint density at radius 3 is 2.21 bits per heavy atom. The third kappa shape index (κ3) is 3.84. The summed E-state index contributed by atoms with van der Waals surface area (Å²) in [6.07, 6.45) is 0. The van der Waals surface area contributed by atoms with Gasteiger partial charge in [-0.2, -0.15) is 15.0 Å². The first kappa shape index (κ1) is 15.9. The van der Waals surface area contributed by atoms with Gasteiger partial charge in [0.1, 0.15) is 5.82 Å². The summed E-state index contributed by atoms with van der Waals surface area (Å²) in [4.78, 5) is 13.0. The van der Waals surface area contributed by atoms with E-state index in [1.54, 1.807) is 18.2 Å². The van der Waals surface area contributed by atoms with Crippen molar-refractivity contribution < 1.29 is 4.39 Å². The van der Waals surface area contributed by atoms with E-state index in [0.29, 0.717) is 17.5 Å². The van der Waals surface area contributed by atoms with Crippen molar-refractivity contribution in [3.63, 3.8) is 0 Å². The first-order valence-corrected chi connectivity index (χ1v) is 7.71. The number of hydrogen-bond acceptors (Lipinski definition) is 5. The summed E-state index contributed by atoms with van der Waals surface area (Å²) in [6.45, 7) is 3.97. The zero-order valence-corrected chi connectivity index (χ0v) is 13.5. The van der Waals surface area contributed by atoms with Gasteiger partial charge in [0.05, 0.1) is 5.56 Å². The monoisotopic (exact) mass is 323 g/mol. The van der Waals surface area contributed by atoms with E-state index in [1.807, 2.05) is 44.2 Å². The highest BCUT2D eigenvalue weighted by molar-refractivity contribution is 5.61. The molecule has 0 saturated heterocycles. The minimum absolute atomic E-state index is 0.144. The van der Waals surface area contributed by atoms with E-state index in [4.69, 9.17) is 0 Å². The van der Waals surface area contributed by atoms with Crippen LogP contribution in [0.1, 0.15) is 13.8 Å². The maximum absolute atomic E-state index is 14.1. The van der Waals surface area contributed by atoms with Gasteiger partial charge in [-0.3, -0.25) is 0 Å². The van der Waals surface area contributed by atoms with Crippen molar-refractivity contribution in [2.24, 2.45) is 0 Å². The summed E-state index contributed by atoms with van der Waals surface area (Å²) in [7, 11) is 0. The zero-order valence-electron chi connectivity index (χ0n) is 13.5. The summed E-state index contributed by atoms with van der Waals surface area (Å²) in [5.74, 6) is 0.670. The van der Waals surface area contributed by atoms with E-state index in [9.17, 15) is 4.39 Å². The second-order valence-corrected chi connectivity index (χ2v) is 5.58. The van der Waals surface area contributed by atoms with E-state index in [1.165, 1.54) is 6.07 Å². The Hall–Kier alpha value is -3.02. The molecule has 5 nitrogen and oxygen atoms in total. The van der Waals surface area contributed by atoms with Crippen LogP contribution in [0.5, 0.6) is 0 Å². The van der Waals surface area contributed by atoms with Crippen LogP contribution in [0.4, 0.5) is 22.0 Å². The van der Waals surface area contributed by atoms with Gasteiger partial charge in [-0.1, -0.05) is 30.3 Å². The van der Waals surface area contributed by atoms with E-state index in [0.717, 1.165) is 5.69 Å². The molecule has 0 aliphatic heterocycles. The largest absolute Gasteiger partial charge is 0.352 e. The Balaban J connectivity index is 2.02. The number of anilines is 3. The Morgan fingerprint density at radius 2 is 1.50 bits per heavy atom. The predicted octanol–water partition coefficient (Wildman–Crippen LogP) is 4.24. The van der Waals surface area contributed by atoms with Crippen LogP contribution >= 0.6 is 0 Å². The molecule has 0 aliphatic carbocycles. The number of aromatic nitrogens is 3. The molecule has 1 aromatic heterocycles. The Kier molecular flexibility index (Phi) is 4.65. The van der Waals surface area contributed by atoms with E-state index >= 15 is 0 Å². The van der Waals surface area contributed by atoms with Crippen LogP contribution in [-0.2, 0) is 0 Å². The van der Waals surface area contributed by atoms with Crippen LogP contribution in [0.3, 0.4) is 0 Å². The molecule has 122 valence electrons. The van der Waals surface area contributed by atoms with Crippen LogP contribution in [0, 0.1) is 5.82 Å². The lowest BCUT2D eigenvalue weighted by molar-refractivity contribution is 0.630. The molecule has 0 unspecified atom stereocenters. The lowest BCUT2D eigenvalue weighted by Gasteiger charge is -2.12. The predicted molar refractivity (Wildman–Crippen MR) is 93.7 cm³/mol. The molecular weight excluding hydrogens is 305 g/mol. The molecule has 0 spiro atoms. The van der Waals surface area contributed by atoms with Crippen LogP contribution in [0.2, 0.25) is 0 Å². The maximum Gasteiger partial charge on any atom is 0.232 e. The molecule has 3 rings (SSSR count). The highest BCUT2D eigenvalue weighted by Gasteiger charge is 2.12. The van der Waals surface area contributed by atoms with Gasteiger partial charge < -0.3 is 10.6 Å². The molecule has 3 aromatic rings. The number of halogens is 1.